The molecule has 0 radical (unpaired) electrons. The summed E-state index contributed by atoms with van der Waals surface area (Å²) in [7, 11) is 0. The second-order valence-corrected chi connectivity index (χ2v) is 13.3. The first kappa shape index (κ1) is 29.2. The quantitative estimate of drug-likeness (QED) is 0.223. The van der Waals surface area contributed by atoms with Crippen LogP contribution in [0.5, 0.6) is 5.75 Å². The Hall–Kier alpha value is -4.49. The molecule has 3 aromatic carbocycles. The van der Waals surface area contributed by atoms with Gasteiger partial charge in [0.1, 0.15) is 5.75 Å². The van der Waals surface area contributed by atoms with Crippen molar-refractivity contribution in [3.63, 3.8) is 0 Å². The van der Waals surface area contributed by atoms with E-state index in [4.69, 9.17) is 19.6 Å². The lowest BCUT2D eigenvalue weighted by Crippen LogP contribution is -2.29. The van der Waals surface area contributed by atoms with Gasteiger partial charge in [-0.25, -0.2) is 14.3 Å². The zero-order valence-corrected chi connectivity index (χ0v) is 26.3. The van der Waals surface area contributed by atoms with Crippen molar-refractivity contribution in [3.05, 3.63) is 95.2 Å². The molecule has 7 heteroatoms. The van der Waals surface area contributed by atoms with E-state index in [2.05, 4.69) is 54.6 Å². The summed E-state index contributed by atoms with van der Waals surface area (Å²) in [6, 6.07) is 25.4. The third-order valence-corrected chi connectivity index (χ3v) is 8.97. The number of fused-ring (bicyclic) bond motifs is 8. The lowest BCUT2D eigenvalue weighted by atomic mass is 9.86. The summed E-state index contributed by atoms with van der Waals surface area (Å²) >= 11 is 0. The van der Waals surface area contributed by atoms with Gasteiger partial charge in [-0.1, -0.05) is 48.9 Å². The van der Waals surface area contributed by atoms with Crippen LogP contribution >= 0.6 is 0 Å². The van der Waals surface area contributed by atoms with Gasteiger partial charge >= 0.3 is 5.97 Å². The molecular formula is C38H39N3O4. The number of rotatable bonds is 3. The maximum Gasteiger partial charge on any atom is 0.337 e. The van der Waals surface area contributed by atoms with Crippen molar-refractivity contribution in [2.45, 2.75) is 77.4 Å². The number of aromatic nitrogens is 3. The van der Waals surface area contributed by atoms with Crippen molar-refractivity contribution >= 4 is 11.6 Å². The molecule has 2 aliphatic rings. The normalized spacial score (nSPS) is 16.9. The summed E-state index contributed by atoms with van der Waals surface area (Å²) in [5.74, 6) is 0.192. The molecule has 2 atom stereocenters. The van der Waals surface area contributed by atoms with E-state index < -0.39 is 17.7 Å². The summed E-state index contributed by atoms with van der Waals surface area (Å²) in [6.07, 6.45) is 4.00. The molecule has 7 nitrogen and oxygen atoms in total. The van der Waals surface area contributed by atoms with E-state index in [1.165, 1.54) is 16.7 Å². The van der Waals surface area contributed by atoms with E-state index in [1.807, 2.05) is 45.9 Å². The second kappa shape index (κ2) is 11.5. The number of ether oxygens (including phenoxy) is 2. The molecule has 0 amide bonds. The van der Waals surface area contributed by atoms with Crippen LogP contribution < -0.4 is 4.74 Å². The summed E-state index contributed by atoms with van der Waals surface area (Å²) in [5.41, 5.74) is 9.27. The van der Waals surface area contributed by atoms with Gasteiger partial charge < -0.3 is 14.6 Å². The fourth-order valence-electron chi connectivity index (χ4n) is 6.94. The van der Waals surface area contributed by atoms with Gasteiger partial charge in [-0.05, 0) is 106 Å². The van der Waals surface area contributed by atoms with Crippen LogP contribution in [0.2, 0.25) is 0 Å². The molecule has 0 fully saturated rings. The van der Waals surface area contributed by atoms with Crippen molar-refractivity contribution in [1.82, 2.24) is 14.6 Å². The Morgan fingerprint density at radius 3 is 2.62 bits per heavy atom. The summed E-state index contributed by atoms with van der Waals surface area (Å²) in [5, 5.41) is 15.6. The average molecular weight is 602 g/mol. The van der Waals surface area contributed by atoms with Crippen LogP contribution in [0, 0.1) is 6.92 Å². The zero-order valence-electron chi connectivity index (χ0n) is 26.3. The molecule has 0 saturated heterocycles. The minimum atomic E-state index is -1.23. The molecule has 2 unspecified atom stereocenters. The van der Waals surface area contributed by atoms with E-state index in [9.17, 15) is 9.90 Å². The summed E-state index contributed by atoms with van der Waals surface area (Å²) < 4.78 is 14.2. The largest absolute Gasteiger partial charge is 0.493 e. The van der Waals surface area contributed by atoms with Gasteiger partial charge in [0.15, 0.2) is 11.8 Å². The van der Waals surface area contributed by atoms with E-state index in [0.29, 0.717) is 35.1 Å². The van der Waals surface area contributed by atoms with Crippen LogP contribution in [0.25, 0.3) is 39.3 Å². The van der Waals surface area contributed by atoms with E-state index in [-0.39, 0.29) is 0 Å². The summed E-state index contributed by atoms with van der Waals surface area (Å²) in [6.45, 7) is 8.17. The SMILES string of the molecule is Cc1nc2cc3nn2c(c1C(OC(C)(C)C)C(=O)O)-c1ccc2c(c1)C(CCCCc1ccccc1-c1cccc-3c1)CCO2. The highest BCUT2D eigenvalue weighted by Crippen LogP contribution is 2.42. The van der Waals surface area contributed by atoms with Crippen LogP contribution in [0.15, 0.2) is 72.8 Å². The van der Waals surface area contributed by atoms with Crippen LogP contribution in [-0.4, -0.2) is 37.9 Å². The van der Waals surface area contributed by atoms with Crippen LogP contribution in [0.3, 0.4) is 0 Å². The van der Waals surface area contributed by atoms with Crippen molar-refractivity contribution in [2.24, 2.45) is 0 Å². The highest BCUT2D eigenvalue weighted by atomic mass is 16.5. The van der Waals surface area contributed by atoms with Crippen molar-refractivity contribution < 1.29 is 19.4 Å². The molecule has 6 bridgehead atoms. The Kier molecular flexibility index (Phi) is 7.44. The topological polar surface area (TPSA) is 86.0 Å². The number of carboxylic acids is 1. The molecule has 0 saturated carbocycles. The van der Waals surface area contributed by atoms with Gasteiger partial charge in [0.25, 0.3) is 0 Å². The van der Waals surface area contributed by atoms with Gasteiger partial charge in [0.05, 0.1) is 23.6 Å². The Morgan fingerprint density at radius 1 is 0.978 bits per heavy atom. The predicted molar refractivity (Wildman–Crippen MR) is 176 cm³/mol. The monoisotopic (exact) mass is 601 g/mol. The molecule has 230 valence electrons. The third-order valence-electron chi connectivity index (χ3n) is 8.97. The molecule has 2 aromatic heterocycles. The first-order valence-electron chi connectivity index (χ1n) is 15.9. The smallest absolute Gasteiger partial charge is 0.337 e. The van der Waals surface area contributed by atoms with Gasteiger partial charge in [0.2, 0.25) is 0 Å². The lowest BCUT2D eigenvalue weighted by molar-refractivity contribution is -0.160. The van der Waals surface area contributed by atoms with Crippen molar-refractivity contribution in [1.29, 1.82) is 0 Å². The van der Waals surface area contributed by atoms with Gasteiger partial charge in [-0.15, -0.1) is 0 Å². The Bertz CT molecular complexity index is 1920. The minimum Gasteiger partial charge on any atom is -0.493 e. The molecule has 0 spiro atoms. The number of hydrogen-bond acceptors (Lipinski definition) is 5. The standard InChI is InChI=1S/C38H39N3O4/c1-23-34(36(37(42)43)45-38(2,3)4)35-28-16-17-32-30(21-28)25(18-19-44-32)12-6-5-10-24-11-7-8-15-29(24)26-13-9-14-27(20-26)31-22-33(39-23)41(35)40-31/h7-9,11,13-17,20-22,25,36H,5-6,10,12,18-19H2,1-4H3,(H,42,43). The highest BCUT2D eigenvalue weighted by molar-refractivity contribution is 5.82. The predicted octanol–water partition coefficient (Wildman–Crippen LogP) is 8.57. The Morgan fingerprint density at radius 2 is 1.80 bits per heavy atom. The van der Waals surface area contributed by atoms with E-state index in [1.54, 1.807) is 4.52 Å². The van der Waals surface area contributed by atoms with Crippen LogP contribution in [0.1, 0.15) is 80.9 Å². The number of aliphatic carboxylic acids is 1. The fourth-order valence-corrected chi connectivity index (χ4v) is 6.94. The molecule has 4 heterocycles. The molecule has 7 rings (SSSR count). The Labute approximate surface area is 263 Å². The fraction of sp³-hybridized carbons (Fsp3) is 0.342. The van der Waals surface area contributed by atoms with Crippen molar-refractivity contribution in [3.8, 4) is 39.4 Å². The van der Waals surface area contributed by atoms with Crippen molar-refractivity contribution in [2.75, 3.05) is 6.61 Å². The number of carboxylic acid groups (broad SMARTS) is 1. The van der Waals surface area contributed by atoms with E-state index >= 15 is 0 Å². The second-order valence-electron chi connectivity index (χ2n) is 13.3. The number of nitrogens with zero attached hydrogens (tertiary/aromatic N) is 3. The third kappa shape index (κ3) is 5.61. The maximum atomic E-state index is 12.9. The minimum absolute atomic E-state index is 0.353. The highest BCUT2D eigenvalue weighted by Gasteiger charge is 2.34. The number of aryl methyl sites for hydroxylation is 2. The average Bonchev–Trinajstić information content (AvgIpc) is 3.44. The lowest BCUT2D eigenvalue weighted by Gasteiger charge is -2.29. The van der Waals surface area contributed by atoms with Crippen LogP contribution in [-0.2, 0) is 16.0 Å². The first-order valence-corrected chi connectivity index (χ1v) is 15.9. The van der Waals surface area contributed by atoms with E-state index in [0.717, 1.165) is 60.2 Å². The molecule has 0 aliphatic carbocycles. The molecule has 1 N–H and O–H groups in total. The summed E-state index contributed by atoms with van der Waals surface area (Å²) in [4.78, 5) is 17.8. The number of hydrogen-bond donors (Lipinski definition) is 1. The van der Waals surface area contributed by atoms with Crippen LogP contribution in [0.4, 0.5) is 0 Å². The first-order chi connectivity index (χ1) is 21.7. The zero-order chi connectivity index (χ0) is 31.3. The molecule has 5 aromatic rings. The van der Waals surface area contributed by atoms with Gasteiger partial charge in [-0.2, -0.15) is 5.10 Å². The number of benzene rings is 3. The Balaban J connectivity index is 1.51. The molecular weight excluding hydrogens is 562 g/mol. The maximum absolute atomic E-state index is 12.9. The van der Waals surface area contributed by atoms with Gasteiger partial charge in [-0.3, -0.25) is 0 Å². The van der Waals surface area contributed by atoms with Gasteiger partial charge in [0, 0.05) is 28.5 Å². The molecule has 2 aliphatic heterocycles. The number of carbonyl (C=O) groups is 1. The molecule has 45 heavy (non-hydrogen) atoms.